The molecule has 0 unspecified atom stereocenters. The number of anilines is 2. The molecule has 182 valence electrons. The number of nitrogens with one attached hydrogen (secondary N) is 2. The molecule has 2 aromatic rings. The Labute approximate surface area is 215 Å². The third-order valence-electron chi connectivity index (χ3n) is 5.75. The number of aliphatic imine (C=N–C) groups is 1. The Morgan fingerprint density at radius 1 is 1.03 bits per heavy atom. The lowest BCUT2D eigenvalue weighted by atomic mass is 10.0. The van der Waals surface area contributed by atoms with Crippen LogP contribution in [0, 0.1) is 0 Å². The minimum absolute atomic E-state index is 0. The second-order valence-corrected chi connectivity index (χ2v) is 8.23. The lowest BCUT2D eigenvalue weighted by Gasteiger charge is -2.34. The van der Waals surface area contributed by atoms with E-state index in [0.717, 1.165) is 55.6 Å². The number of halogens is 1. The maximum Gasteiger partial charge on any atom is 0.191 e. The molecule has 0 atom stereocenters. The first-order chi connectivity index (χ1) is 15.5. The van der Waals surface area contributed by atoms with E-state index in [9.17, 15) is 0 Å². The molecule has 0 aliphatic carbocycles. The molecule has 0 saturated carbocycles. The zero-order valence-corrected chi connectivity index (χ0v) is 22.8. The monoisotopic (exact) mass is 567 g/mol. The smallest absolute Gasteiger partial charge is 0.191 e. The van der Waals surface area contributed by atoms with Gasteiger partial charge in [-0.05, 0) is 37.5 Å². The normalized spacial score (nSPS) is 14.3. The molecule has 2 aromatic carbocycles. The summed E-state index contributed by atoms with van der Waals surface area (Å²) in [6.07, 6.45) is 2.09. The summed E-state index contributed by atoms with van der Waals surface area (Å²) in [7, 11) is 7.48. The standard InChI is InChI=1S/C25H37N5O2.HI/c1-6-26-25(27-18-19-7-9-21(10-8-19)29(2)3)28-20-11-13-30(14-12-20)22-15-23(31-4)17-24(16-22)32-5;/h7-10,15-17,20H,6,11-14,18H2,1-5H3,(H2,26,27,28);1H. The van der Waals surface area contributed by atoms with Crippen molar-refractivity contribution >= 4 is 41.3 Å². The van der Waals surface area contributed by atoms with Crippen molar-refractivity contribution in [3.8, 4) is 11.5 Å². The predicted octanol–water partition coefficient (Wildman–Crippen LogP) is 4.11. The van der Waals surface area contributed by atoms with Crippen LogP contribution in [0.3, 0.4) is 0 Å². The number of hydrogen-bond acceptors (Lipinski definition) is 5. The van der Waals surface area contributed by atoms with Crippen molar-refractivity contribution in [2.24, 2.45) is 4.99 Å². The van der Waals surface area contributed by atoms with Gasteiger partial charge in [-0.3, -0.25) is 0 Å². The average molecular weight is 568 g/mol. The molecule has 0 aromatic heterocycles. The molecule has 0 bridgehead atoms. The van der Waals surface area contributed by atoms with Crippen LogP contribution in [-0.2, 0) is 6.54 Å². The summed E-state index contributed by atoms with van der Waals surface area (Å²) < 4.78 is 10.8. The Bertz CT molecular complexity index is 859. The van der Waals surface area contributed by atoms with Crippen LogP contribution >= 0.6 is 24.0 Å². The number of hydrogen-bond donors (Lipinski definition) is 2. The summed E-state index contributed by atoms with van der Waals surface area (Å²) in [5.41, 5.74) is 3.54. The third kappa shape index (κ3) is 7.87. The lowest BCUT2D eigenvalue weighted by molar-refractivity contribution is 0.393. The molecule has 0 amide bonds. The molecule has 3 rings (SSSR count). The van der Waals surface area contributed by atoms with Gasteiger partial charge in [-0.25, -0.2) is 4.99 Å². The maximum atomic E-state index is 5.42. The minimum atomic E-state index is 0. The van der Waals surface area contributed by atoms with Gasteiger partial charge in [0.05, 0.1) is 20.8 Å². The van der Waals surface area contributed by atoms with E-state index in [1.807, 2.05) is 6.07 Å². The second-order valence-electron chi connectivity index (χ2n) is 8.23. The zero-order valence-electron chi connectivity index (χ0n) is 20.4. The molecule has 8 heteroatoms. The van der Waals surface area contributed by atoms with Crippen LogP contribution < -0.4 is 29.9 Å². The molecule has 33 heavy (non-hydrogen) atoms. The summed E-state index contributed by atoms with van der Waals surface area (Å²) in [6, 6.07) is 15.0. The molecule has 1 aliphatic rings. The molecule has 1 aliphatic heterocycles. The highest BCUT2D eigenvalue weighted by atomic mass is 127. The molecule has 1 fully saturated rings. The van der Waals surface area contributed by atoms with E-state index in [-0.39, 0.29) is 24.0 Å². The molecule has 0 spiro atoms. The summed E-state index contributed by atoms with van der Waals surface area (Å²) in [5.74, 6) is 2.52. The van der Waals surface area contributed by atoms with Gasteiger partial charge in [0.1, 0.15) is 11.5 Å². The fourth-order valence-corrected chi connectivity index (χ4v) is 3.84. The molecule has 0 radical (unpaired) electrons. The topological polar surface area (TPSA) is 61.4 Å². The van der Waals surface area contributed by atoms with Crippen LogP contribution in [0.4, 0.5) is 11.4 Å². The van der Waals surface area contributed by atoms with E-state index >= 15 is 0 Å². The number of piperidine rings is 1. The molecular weight excluding hydrogens is 529 g/mol. The first-order valence-corrected chi connectivity index (χ1v) is 11.3. The van der Waals surface area contributed by atoms with Gasteiger partial charge in [0.2, 0.25) is 0 Å². The van der Waals surface area contributed by atoms with Crippen molar-refractivity contribution in [2.45, 2.75) is 32.4 Å². The number of guanidine groups is 1. The van der Waals surface area contributed by atoms with E-state index in [1.54, 1.807) is 14.2 Å². The van der Waals surface area contributed by atoms with Crippen molar-refractivity contribution < 1.29 is 9.47 Å². The first kappa shape index (κ1) is 26.9. The summed E-state index contributed by atoms with van der Waals surface area (Å²) in [6.45, 7) is 5.54. The van der Waals surface area contributed by atoms with Crippen LogP contribution in [-0.4, -0.2) is 60.0 Å². The van der Waals surface area contributed by atoms with Crippen LogP contribution in [0.25, 0.3) is 0 Å². The first-order valence-electron chi connectivity index (χ1n) is 11.3. The average Bonchev–Trinajstić information content (AvgIpc) is 2.83. The van der Waals surface area contributed by atoms with E-state index in [0.29, 0.717) is 12.6 Å². The van der Waals surface area contributed by atoms with Gasteiger partial charge in [0.15, 0.2) is 5.96 Å². The SMILES string of the molecule is CCNC(=NCc1ccc(N(C)C)cc1)NC1CCN(c2cc(OC)cc(OC)c2)CC1.I. The van der Waals surface area contributed by atoms with Crippen molar-refractivity contribution in [2.75, 3.05) is 57.7 Å². The quantitative estimate of drug-likeness (QED) is 0.285. The number of benzene rings is 2. The second kappa shape index (κ2) is 13.4. The van der Waals surface area contributed by atoms with Crippen molar-refractivity contribution in [3.05, 3.63) is 48.0 Å². The fourth-order valence-electron chi connectivity index (χ4n) is 3.84. The van der Waals surface area contributed by atoms with Gasteiger partial charge in [-0.2, -0.15) is 0 Å². The van der Waals surface area contributed by atoms with E-state index in [4.69, 9.17) is 14.5 Å². The van der Waals surface area contributed by atoms with Gasteiger partial charge in [0, 0.05) is 69.3 Å². The van der Waals surface area contributed by atoms with Gasteiger partial charge in [0.25, 0.3) is 0 Å². The Hall–Kier alpha value is -2.36. The van der Waals surface area contributed by atoms with Crippen LogP contribution in [0.2, 0.25) is 0 Å². The van der Waals surface area contributed by atoms with E-state index in [2.05, 4.69) is 77.9 Å². The summed E-state index contributed by atoms with van der Waals surface area (Å²) >= 11 is 0. The molecule has 1 heterocycles. The van der Waals surface area contributed by atoms with Crippen molar-refractivity contribution in [3.63, 3.8) is 0 Å². The Morgan fingerprint density at radius 3 is 2.15 bits per heavy atom. The lowest BCUT2D eigenvalue weighted by Crippen LogP contribution is -2.48. The Morgan fingerprint density at radius 2 is 1.64 bits per heavy atom. The molecule has 7 nitrogen and oxygen atoms in total. The largest absolute Gasteiger partial charge is 0.497 e. The number of methoxy groups -OCH3 is 2. The minimum Gasteiger partial charge on any atom is -0.497 e. The fraction of sp³-hybridized carbons (Fsp3) is 0.480. The zero-order chi connectivity index (χ0) is 22.9. The highest BCUT2D eigenvalue weighted by Crippen LogP contribution is 2.30. The maximum absolute atomic E-state index is 5.42. The highest BCUT2D eigenvalue weighted by molar-refractivity contribution is 14.0. The molecular formula is C25H38IN5O2. The van der Waals surface area contributed by atoms with E-state index in [1.165, 1.54) is 11.3 Å². The van der Waals surface area contributed by atoms with Crippen LogP contribution in [0.5, 0.6) is 11.5 Å². The van der Waals surface area contributed by atoms with Crippen LogP contribution in [0.1, 0.15) is 25.3 Å². The third-order valence-corrected chi connectivity index (χ3v) is 5.75. The molecule has 2 N–H and O–H groups in total. The Kier molecular flexibility index (Phi) is 10.9. The van der Waals surface area contributed by atoms with Crippen LogP contribution in [0.15, 0.2) is 47.5 Å². The van der Waals surface area contributed by atoms with Crippen molar-refractivity contribution in [1.29, 1.82) is 0 Å². The summed E-state index contributed by atoms with van der Waals surface area (Å²) in [4.78, 5) is 9.30. The van der Waals surface area contributed by atoms with E-state index < -0.39 is 0 Å². The Balaban J connectivity index is 0.00000385. The number of rotatable bonds is 8. The predicted molar refractivity (Wildman–Crippen MR) is 149 cm³/mol. The van der Waals surface area contributed by atoms with Gasteiger partial charge < -0.3 is 29.9 Å². The number of ether oxygens (including phenoxy) is 2. The van der Waals surface area contributed by atoms with Crippen molar-refractivity contribution in [1.82, 2.24) is 10.6 Å². The van der Waals surface area contributed by atoms with Gasteiger partial charge in [-0.15, -0.1) is 24.0 Å². The van der Waals surface area contributed by atoms with Gasteiger partial charge >= 0.3 is 0 Å². The van der Waals surface area contributed by atoms with Gasteiger partial charge in [-0.1, -0.05) is 12.1 Å². The summed E-state index contributed by atoms with van der Waals surface area (Å²) in [5, 5.41) is 7.02. The number of nitrogens with zero attached hydrogens (tertiary/aromatic N) is 3. The molecule has 1 saturated heterocycles. The highest BCUT2D eigenvalue weighted by Gasteiger charge is 2.21.